The van der Waals surface area contributed by atoms with E-state index in [1.807, 2.05) is 0 Å². The minimum atomic E-state index is -0.273. The maximum atomic E-state index is 10.6. The van der Waals surface area contributed by atoms with E-state index in [9.17, 15) is 4.79 Å². The molecule has 0 aliphatic carbocycles. The summed E-state index contributed by atoms with van der Waals surface area (Å²) < 4.78 is 9.57. The van der Waals surface area contributed by atoms with Gasteiger partial charge in [0.25, 0.3) is 0 Å². The highest BCUT2D eigenvalue weighted by Crippen LogP contribution is 2.08. The summed E-state index contributed by atoms with van der Waals surface area (Å²) in [5.74, 6) is -0.273. The van der Waals surface area contributed by atoms with E-state index in [2.05, 4.69) is 12.2 Å². The third-order valence-corrected chi connectivity index (χ3v) is 1.25. The minimum absolute atomic E-state index is 0.147. The number of rotatable bonds is 4. The van der Waals surface area contributed by atoms with Crippen molar-refractivity contribution in [2.24, 2.45) is 0 Å². The lowest BCUT2D eigenvalue weighted by Crippen LogP contribution is -2.09. The number of thiocarbonyl (C=S) groups is 1. The first-order valence-electron chi connectivity index (χ1n) is 3.04. The highest BCUT2D eigenvalue weighted by atomic mass is 32.1. The van der Waals surface area contributed by atoms with Gasteiger partial charge >= 0.3 is 5.97 Å². The topological polar surface area (TPSA) is 38.8 Å². The summed E-state index contributed by atoms with van der Waals surface area (Å²) in [7, 11) is 0. The fourth-order valence-corrected chi connectivity index (χ4v) is 0.613. The molecular formula is C6H8O3S. The smallest absolute Gasteiger partial charge is 0.310 e. The van der Waals surface area contributed by atoms with Crippen molar-refractivity contribution < 1.29 is 14.3 Å². The van der Waals surface area contributed by atoms with Crippen LogP contribution in [-0.2, 0) is 14.3 Å². The first-order valence-corrected chi connectivity index (χ1v) is 3.51. The molecule has 10 heavy (non-hydrogen) atoms. The maximum Gasteiger partial charge on any atom is 0.310 e. The SMILES string of the molecule is O=C(CC=S)OC[C@H]1CO1. The van der Waals surface area contributed by atoms with Gasteiger partial charge in [-0.25, -0.2) is 0 Å². The second-order valence-corrected chi connectivity index (χ2v) is 2.34. The van der Waals surface area contributed by atoms with E-state index in [-0.39, 0.29) is 18.5 Å². The van der Waals surface area contributed by atoms with Gasteiger partial charge in [-0.05, 0) is 5.37 Å². The molecule has 0 saturated carbocycles. The van der Waals surface area contributed by atoms with Crippen molar-refractivity contribution in [2.45, 2.75) is 12.5 Å². The molecule has 0 spiro atoms. The lowest BCUT2D eigenvalue weighted by atomic mass is 10.5. The van der Waals surface area contributed by atoms with Crippen molar-refractivity contribution in [2.75, 3.05) is 13.2 Å². The van der Waals surface area contributed by atoms with Crippen LogP contribution < -0.4 is 0 Å². The summed E-state index contributed by atoms with van der Waals surface area (Å²) in [5, 5.41) is 1.36. The molecule has 0 bridgehead atoms. The Morgan fingerprint density at radius 2 is 2.60 bits per heavy atom. The molecule has 1 aliphatic rings. The molecule has 1 atom stereocenters. The van der Waals surface area contributed by atoms with E-state index in [0.29, 0.717) is 13.2 Å². The summed E-state index contributed by atoms with van der Waals surface area (Å²) in [6.07, 6.45) is 0.358. The Hall–Kier alpha value is -0.480. The van der Waals surface area contributed by atoms with Crippen molar-refractivity contribution in [1.82, 2.24) is 0 Å². The van der Waals surface area contributed by atoms with Gasteiger partial charge in [-0.2, -0.15) is 0 Å². The highest BCUT2D eigenvalue weighted by Gasteiger charge is 2.23. The van der Waals surface area contributed by atoms with Gasteiger partial charge in [0.05, 0.1) is 13.0 Å². The molecule has 0 N–H and O–H groups in total. The van der Waals surface area contributed by atoms with E-state index in [1.165, 1.54) is 5.37 Å². The van der Waals surface area contributed by atoms with Gasteiger partial charge < -0.3 is 9.47 Å². The lowest BCUT2D eigenvalue weighted by molar-refractivity contribution is -0.142. The summed E-state index contributed by atoms with van der Waals surface area (Å²) in [4.78, 5) is 10.6. The quantitative estimate of drug-likeness (QED) is 0.337. The molecule has 56 valence electrons. The van der Waals surface area contributed by atoms with Crippen LogP contribution in [0.3, 0.4) is 0 Å². The molecule has 0 aromatic rings. The van der Waals surface area contributed by atoms with Crippen LogP contribution >= 0.6 is 12.2 Å². The first kappa shape index (κ1) is 7.63. The Bertz CT molecular complexity index is 142. The van der Waals surface area contributed by atoms with E-state index in [0.717, 1.165) is 0 Å². The molecule has 4 heteroatoms. The normalized spacial score (nSPS) is 21.8. The Morgan fingerprint density at radius 3 is 3.10 bits per heavy atom. The van der Waals surface area contributed by atoms with E-state index in [1.54, 1.807) is 0 Å². The molecule has 0 amide bonds. The second kappa shape index (κ2) is 3.63. The van der Waals surface area contributed by atoms with Crippen molar-refractivity contribution in [1.29, 1.82) is 0 Å². The maximum absolute atomic E-state index is 10.6. The summed E-state index contributed by atoms with van der Waals surface area (Å²) in [6.45, 7) is 1.09. The number of hydrogen-bond donors (Lipinski definition) is 0. The van der Waals surface area contributed by atoms with Gasteiger partial charge in [0, 0.05) is 0 Å². The molecule has 0 radical (unpaired) electrons. The minimum Gasteiger partial charge on any atom is -0.463 e. The number of epoxide rings is 1. The summed E-state index contributed by atoms with van der Waals surface area (Å²) in [5.41, 5.74) is 0. The Balaban J connectivity index is 1.99. The van der Waals surface area contributed by atoms with E-state index < -0.39 is 0 Å². The van der Waals surface area contributed by atoms with Gasteiger partial charge in [-0.1, -0.05) is 12.2 Å². The number of hydrogen-bond acceptors (Lipinski definition) is 4. The van der Waals surface area contributed by atoms with Crippen LogP contribution in [0, 0.1) is 0 Å². The van der Waals surface area contributed by atoms with E-state index >= 15 is 0 Å². The predicted molar refractivity (Wildman–Crippen MR) is 39.0 cm³/mol. The Morgan fingerprint density at radius 1 is 1.90 bits per heavy atom. The van der Waals surface area contributed by atoms with Crippen LogP contribution in [0.1, 0.15) is 6.42 Å². The third kappa shape index (κ3) is 2.89. The van der Waals surface area contributed by atoms with Gasteiger partial charge in [0.15, 0.2) is 0 Å². The molecule has 1 fully saturated rings. The standard InChI is InChI=1S/C6H8O3S/c7-6(1-2-10)9-4-5-3-8-5/h2,5H,1,3-4H2/t5-/m1/s1. The highest BCUT2D eigenvalue weighted by molar-refractivity contribution is 7.79. The van der Waals surface area contributed by atoms with Gasteiger partial charge in [0.2, 0.25) is 0 Å². The van der Waals surface area contributed by atoms with E-state index in [4.69, 9.17) is 9.47 Å². The van der Waals surface area contributed by atoms with Crippen molar-refractivity contribution in [3.63, 3.8) is 0 Å². The van der Waals surface area contributed by atoms with Gasteiger partial charge in [-0.3, -0.25) is 4.79 Å². The number of ether oxygens (including phenoxy) is 2. The van der Waals surface area contributed by atoms with Gasteiger partial charge in [-0.15, -0.1) is 0 Å². The fourth-order valence-electron chi connectivity index (χ4n) is 0.477. The first-order chi connectivity index (χ1) is 4.83. The molecule has 3 nitrogen and oxygen atoms in total. The van der Waals surface area contributed by atoms with Crippen LogP contribution in [0.2, 0.25) is 0 Å². The number of carbonyl (C=O) groups excluding carboxylic acids is 1. The van der Waals surface area contributed by atoms with Crippen LogP contribution in [0.15, 0.2) is 0 Å². The molecule has 1 aliphatic heterocycles. The van der Waals surface area contributed by atoms with Crippen LogP contribution in [0.5, 0.6) is 0 Å². The average Bonchev–Trinajstić information content (AvgIpc) is 2.67. The summed E-state index contributed by atoms with van der Waals surface area (Å²) >= 11 is 4.47. The molecular weight excluding hydrogens is 152 g/mol. The molecule has 1 saturated heterocycles. The number of carbonyl (C=O) groups is 1. The zero-order valence-electron chi connectivity index (χ0n) is 5.41. The zero-order chi connectivity index (χ0) is 7.40. The molecule has 0 aromatic heterocycles. The molecule has 0 aromatic carbocycles. The Kier molecular flexibility index (Phi) is 2.77. The third-order valence-electron chi connectivity index (χ3n) is 1.08. The monoisotopic (exact) mass is 160 g/mol. The van der Waals surface area contributed by atoms with Crippen molar-refractivity contribution >= 4 is 23.6 Å². The van der Waals surface area contributed by atoms with Gasteiger partial charge in [0.1, 0.15) is 12.7 Å². The van der Waals surface area contributed by atoms with Crippen molar-refractivity contribution in [3.05, 3.63) is 0 Å². The second-order valence-electron chi connectivity index (χ2n) is 2.01. The zero-order valence-corrected chi connectivity index (χ0v) is 6.23. The Labute approximate surface area is 64.3 Å². The van der Waals surface area contributed by atoms with Crippen LogP contribution in [-0.4, -0.2) is 30.7 Å². The van der Waals surface area contributed by atoms with Crippen molar-refractivity contribution in [3.8, 4) is 0 Å². The predicted octanol–water partition coefficient (Wildman–Crippen LogP) is 0.318. The lowest BCUT2D eigenvalue weighted by Gasteiger charge is -1.97. The fraction of sp³-hybridized carbons (Fsp3) is 0.667. The molecule has 1 rings (SSSR count). The summed E-state index contributed by atoms with van der Waals surface area (Å²) in [6, 6.07) is 0. The molecule has 0 unspecified atom stereocenters. The largest absolute Gasteiger partial charge is 0.463 e. The average molecular weight is 160 g/mol. The van der Waals surface area contributed by atoms with Crippen LogP contribution in [0.4, 0.5) is 0 Å². The number of esters is 1. The molecule has 1 heterocycles. The van der Waals surface area contributed by atoms with Crippen LogP contribution in [0.25, 0.3) is 0 Å².